The number of thioether (sulfide) groups is 1. The molecule has 3 unspecified atom stereocenters. The highest BCUT2D eigenvalue weighted by Gasteiger charge is 2.30. The van der Waals surface area contributed by atoms with Gasteiger partial charge in [-0.05, 0) is 42.7 Å². The summed E-state index contributed by atoms with van der Waals surface area (Å²) in [6, 6.07) is 4.39. The number of hydrogen-bond acceptors (Lipinski definition) is 3. The highest BCUT2D eigenvalue weighted by atomic mass is 32.2. The van der Waals surface area contributed by atoms with Crippen LogP contribution < -0.4 is 5.73 Å². The van der Waals surface area contributed by atoms with E-state index in [-0.39, 0.29) is 0 Å². The minimum atomic E-state index is 0.732. The first kappa shape index (κ1) is 13.4. The molecule has 0 aromatic carbocycles. The van der Waals surface area contributed by atoms with Crippen molar-refractivity contribution in [3.63, 3.8) is 0 Å². The second-order valence-corrected chi connectivity index (χ2v) is 7.54. The smallest absolute Gasteiger partial charge is 0.0601 e. The number of nitrogens with two attached hydrogens (primary N) is 1. The Morgan fingerprint density at radius 1 is 1.47 bits per heavy atom. The summed E-state index contributed by atoms with van der Waals surface area (Å²) in [5.41, 5.74) is 5.93. The van der Waals surface area contributed by atoms with Crippen LogP contribution in [0.15, 0.2) is 21.7 Å². The maximum atomic E-state index is 5.93. The third-order valence-electron chi connectivity index (χ3n) is 3.80. The van der Waals surface area contributed by atoms with Gasteiger partial charge in [-0.3, -0.25) is 0 Å². The van der Waals surface area contributed by atoms with Crippen LogP contribution >= 0.6 is 23.1 Å². The lowest BCUT2D eigenvalue weighted by atomic mass is 9.80. The second kappa shape index (κ2) is 6.81. The maximum absolute atomic E-state index is 5.93. The van der Waals surface area contributed by atoms with Crippen LogP contribution in [0.3, 0.4) is 0 Å². The first-order chi connectivity index (χ1) is 8.33. The second-order valence-electron chi connectivity index (χ2n) is 5.05. The Labute approximate surface area is 113 Å². The Bertz CT molecular complexity index is 310. The molecular formula is C14H23NS2. The maximum Gasteiger partial charge on any atom is 0.0601 e. The summed E-state index contributed by atoms with van der Waals surface area (Å²) in [6.07, 6.45) is 6.84. The Morgan fingerprint density at radius 3 is 3.00 bits per heavy atom. The minimum absolute atomic E-state index is 0.732. The molecule has 96 valence electrons. The predicted molar refractivity (Wildman–Crippen MR) is 78.8 cm³/mol. The average molecular weight is 269 g/mol. The lowest BCUT2D eigenvalue weighted by Crippen LogP contribution is -2.32. The third-order valence-corrected chi connectivity index (χ3v) is 6.29. The van der Waals surface area contributed by atoms with Gasteiger partial charge in [0.25, 0.3) is 0 Å². The molecule has 1 nitrogen and oxygen atoms in total. The van der Waals surface area contributed by atoms with Crippen molar-refractivity contribution in [2.45, 2.75) is 48.5 Å². The van der Waals surface area contributed by atoms with Crippen LogP contribution in [0.2, 0.25) is 0 Å². The number of thiophene rings is 1. The summed E-state index contributed by atoms with van der Waals surface area (Å²) in [4.78, 5) is 0. The van der Waals surface area contributed by atoms with E-state index in [0.717, 1.165) is 23.6 Å². The van der Waals surface area contributed by atoms with Crippen LogP contribution in [0, 0.1) is 11.8 Å². The van der Waals surface area contributed by atoms with Crippen molar-refractivity contribution in [2.24, 2.45) is 17.6 Å². The molecule has 3 heteroatoms. The Kier molecular flexibility index (Phi) is 5.39. The molecule has 0 bridgehead atoms. The summed E-state index contributed by atoms with van der Waals surface area (Å²) in [7, 11) is 0. The van der Waals surface area contributed by atoms with Crippen molar-refractivity contribution in [1.29, 1.82) is 0 Å². The number of rotatable bonds is 5. The monoisotopic (exact) mass is 269 g/mol. The van der Waals surface area contributed by atoms with E-state index in [1.807, 2.05) is 11.3 Å². The molecule has 1 aliphatic carbocycles. The molecule has 1 aromatic rings. The quantitative estimate of drug-likeness (QED) is 0.858. The molecule has 1 aliphatic rings. The molecule has 0 saturated heterocycles. The fourth-order valence-electron chi connectivity index (χ4n) is 2.84. The SMILES string of the molecule is CCCC1CCC(CN)C(Sc2cccs2)C1. The van der Waals surface area contributed by atoms with Crippen LogP contribution in [0.1, 0.15) is 39.0 Å². The summed E-state index contributed by atoms with van der Waals surface area (Å²) in [6.45, 7) is 3.17. The molecule has 1 fully saturated rings. The topological polar surface area (TPSA) is 26.0 Å². The van der Waals surface area contributed by atoms with E-state index < -0.39 is 0 Å². The molecule has 17 heavy (non-hydrogen) atoms. The lowest BCUT2D eigenvalue weighted by molar-refractivity contribution is 0.276. The fraction of sp³-hybridized carbons (Fsp3) is 0.714. The summed E-state index contributed by atoms with van der Waals surface area (Å²) >= 11 is 3.94. The van der Waals surface area contributed by atoms with Gasteiger partial charge in [0.05, 0.1) is 4.21 Å². The molecule has 2 rings (SSSR count). The van der Waals surface area contributed by atoms with E-state index in [4.69, 9.17) is 5.73 Å². The van der Waals surface area contributed by atoms with Gasteiger partial charge >= 0.3 is 0 Å². The Morgan fingerprint density at radius 2 is 2.35 bits per heavy atom. The molecule has 1 heterocycles. The van der Waals surface area contributed by atoms with E-state index in [1.165, 1.54) is 36.3 Å². The van der Waals surface area contributed by atoms with Crippen molar-refractivity contribution in [3.8, 4) is 0 Å². The highest BCUT2D eigenvalue weighted by molar-refractivity contribution is 8.01. The average Bonchev–Trinajstić information content (AvgIpc) is 2.83. The molecule has 3 atom stereocenters. The fourth-order valence-corrected chi connectivity index (χ4v) is 5.31. The zero-order valence-corrected chi connectivity index (χ0v) is 12.2. The summed E-state index contributed by atoms with van der Waals surface area (Å²) in [5, 5.41) is 2.93. The summed E-state index contributed by atoms with van der Waals surface area (Å²) in [5.74, 6) is 1.68. The molecule has 0 aliphatic heterocycles. The van der Waals surface area contributed by atoms with Gasteiger partial charge in [0.15, 0.2) is 0 Å². The molecule has 0 radical (unpaired) electrons. The predicted octanol–water partition coefficient (Wildman–Crippen LogP) is 4.38. The van der Waals surface area contributed by atoms with Crippen molar-refractivity contribution >= 4 is 23.1 Å². The van der Waals surface area contributed by atoms with Gasteiger partial charge in [-0.15, -0.1) is 23.1 Å². The lowest BCUT2D eigenvalue weighted by Gasteiger charge is -2.35. The minimum Gasteiger partial charge on any atom is -0.330 e. The molecule has 0 amide bonds. The van der Waals surface area contributed by atoms with Crippen LogP contribution in [-0.2, 0) is 0 Å². The highest BCUT2D eigenvalue weighted by Crippen LogP contribution is 2.42. The summed E-state index contributed by atoms with van der Waals surface area (Å²) < 4.78 is 1.46. The van der Waals surface area contributed by atoms with Crippen LogP contribution in [0.5, 0.6) is 0 Å². The van der Waals surface area contributed by atoms with Crippen LogP contribution in [-0.4, -0.2) is 11.8 Å². The largest absolute Gasteiger partial charge is 0.330 e. The zero-order chi connectivity index (χ0) is 12.1. The van der Waals surface area contributed by atoms with Crippen molar-refractivity contribution < 1.29 is 0 Å². The van der Waals surface area contributed by atoms with E-state index in [2.05, 4.69) is 36.2 Å². The van der Waals surface area contributed by atoms with E-state index in [9.17, 15) is 0 Å². The molecule has 1 saturated carbocycles. The van der Waals surface area contributed by atoms with Gasteiger partial charge < -0.3 is 5.73 Å². The van der Waals surface area contributed by atoms with Crippen LogP contribution in [0.4, 0.5) is 0 Å². The first-order valence-corrected chi connectivity index (χ1v) is 8.49. The van der Waals surface area contributed by atoms with Crippen molar-refractivity contribution in [2.75, 3.05) is 6.54 Å². The van der Waals surface area contributed by atoms with E-state index in [1.54, 1.807) is 0 Å². The Balaban J connectivity index is 1.94. The molecule has 0 spiro atoms. The number of hydrogen-bond donors (Lipinski definition) is 1. The van der Waals surface area contributed by atoms with Gasteiger partial charge in [0.1, 0.15) is 0 Å². The van der Waals surface area contributed by atoms with E-state index in [0.29, 0.717) is 0 Å². The normalized spacial score (nSPS) is 29.4. The van der Waals surface area contributed by atoms with Gasteiger partial charge in [0, 0.05) is 5.25 Å². The zero-order valence-electron chi connectivity index (χ0n) is 10.6. The van der Waals surface area contributed by atoms with E-state index >= 15 is 0 Å². The molecule has 1 aromatic heterocycles. The van der Waals surface area contributed by atoms with Gasteiger partial charge in [-0.2, -0.15) is 0 Å². The molecular weight excluding hydrogens is 246 g/mol. The molecule has 2 N–H and O–H groups in total. The standard InChI is InChI=1S/C14H23NS2/c1-2-4-11-6-7-12(10-15)13(9-11)17-14-5-3-8-16-14/h3,5,8,11-13H,2,4,6-7,9-10,15H2,1H3. The Hall–Kier alpha value is 0.01000. The van der Waals surface area contributed by atoms with Crippen molar-refractivity contribution in [1.82, 2.24) is 0 Å². The third kappa shape index (κ3) is 3.73. The van der Waals surface area contributed by atoms with Gasteiger partial charge in [-0.25, -0.2) is 0 Å². The van der Waals surface area contributed by atoms with Gasteiger partial charge in [0.2, 0.25) is 0 Å². The van der Waals surface area contributed by atoms with Crippen LogP contribution in [0.25, 0.3) is 0 Å². The first-order valence-electron chi connectivity index (χ1n) is 6.73. The van der Waals surface area contributed by atoms with Crippen molar-refractivity contribution in [3.05, 3.63) is 17.5 Å². The van der Waals surface area contributed by atoms with Gasteiger partial charge in [-0.1, -0.05) is 32.3 Å².